The topological polar surface area (TPSA) is 96.7 Å². The van der Waals surface area contributed by atoms with Gasteiger partial charge in [-0.05, 0) is 24.3 Å². The molecule has 0 aliphatic rings. The van der Waals surface area contributed by atoms with Gasteiger partial charge < -0.3 is 11.1 Å². The van der Waals surface area contributed by atoms with Gasteiger partial charge in [-0.3, -0.25) is 4.79 Å². The highest BCUT2D eigenvalue weighted by atomic mass is 79.9. The van der Waals surface area contributed by atoms with Gasteiger partial charge in [0.2, 0.25) is 17.0 Å². The van der Waals surface area contributed by atoms with Gasteiger partial charge in [-0.25, -0.2) is 5.10 Å². The summed E-state index contributed by atoms with van der Waals surface area (Å²) in [5.41, 5.74) is 6.12. The van der Waals surface area contributed by atoms with Crippen LogP contribution in [0.25, 0.3) is 0 Å². The summed E-state index contributed by atoms with van der Waals surface area (Å²) in [6.07, 6.45) is 0. The number of nitrogen functional groups attached to an aromatic ring is 1. The maximum absolute atomic E-state index is 11.6. The number of nitrogens with zero attached hydrogens (tertiary/aromatic N) is 2. The van der Waals surface area contributed by atoms with Crippen molar-refractivity contribution in [3.8, 4) is 0 Å². The Morgan fingerprint density at radius 3 is 2.78 bits per heavy atom. The monoisotopic (exact) mass is 327 g/mol. The van der Waals surface area contributed by atoms with Crippen molar-refractivity contribution >= 4 is 45.2 Å². The number of H-pyrrole nitrogens is 1. The van der Waals surface area contributed by atoms with Crippen LogP contribution in [0.3, 0.4) is 0 Å². The molecule has 1 amide bonds. The largest absolute Gasteiger partial charge is 0.368 e. The molecule has 1 aromatic heterocycles. The number of hydrogen-bond acceptors (Lipinski definition) is 5. The van der Waals surface area contributed by atoms with Crippen LogP contribution in [0, 0.1) is 0 Å². The van der Waals surface area contributed by atoms with E-state index in [-0.39, 0.29) is 17.6 Å². The van der Waals surface area contributed by atoms with E-state index < -0.39 is 0 Å². The second kappa shape index (κ2) is 5.87. The third-order valence-electron chi connectivity index (χ3n) is 1.94. The Bertz CT molecular complexity index is 541. The van der Waals surface area contributed by atoms with Crippen molar-refractivity contribution in [3.05, 3.63) is 28.7 Å². The molecule has 0 radical (unpaired) electrons. The lowest BCUT2D eigenvalue weighted by Crippen LogP contribution is -2.13. The minimum absolute atomic E-state index is 0.120. The van der Waals surface area contributed by atoms with Gasteiger partial charge in [0.1, 0.15) is 0 Å². The van der Waals surface area contributed by atoms with Crippen molar-refractivity contribution in [2.75, 3.05) is 16.8 Å². The average Bonchev–Trinajstić information content (AvgIpc) is 2.76. The summed E-state index contributed by atoms with van der Waals surface area (Å²) in [6.45, 7) is 0. The van der Waals surface area contributed by atoms with Crippen molar-refractivity contribution in [1.29, 1.82) is 0 Å². The molecule has 0 fully saturated rings. The number of nitrogens with one attached hydrogen (secondary N) is 2. The number of aromatic amines is 1. The molecule has 1 heterocycles. The summed E-state index contributed by atoms with van der Waals surface area (Å²) in [7, 11) is 0. The number of carbonyl (C=O) groups is 1. The molecule has 0 bridgehead atoms. The van der Waals surface area contributed by atoms with Crippen molar-refractivity contribution in [3.63, 3.8) is 0 Å². The van der Waals surface area contributed by atoms with Crippen LogP contribution >= 0.6 is 27.7 Å². The predicted molar refractivity (Wildman–Crippen MR) is 74.3 cm³/mol. The third kappa shape index (κ3) is 3.74. The highest BCUT2D eigenvalue weighted by Crippen LogP contribution is 2.16. The molecule has 2 rings (SSSR count). The van der Waals surface area contributed by atoms with Gasteiger partial charge >= 0.3 is 0 Å². The number of nitrogens with two attached hydrogens (primary N) is 1. The highest BCUT2D eigenvalue weighted by Gasteiger charge is 2.06. The second-order valence-corrected chi connectivity index (χ2v) is 5.21. The van der Waals surface area contributed by atoms with Crippen LogP contribution in [0.2, 0.25) is 0 Å². The summed E-state index contributed by atoms with van der Waals surface area (Å²) in [6, 6.07) is 7.35. The van der Waals surface area contributed by atoms with E-state index in [1.807, 2.05) is 24.3 Å². The van der Waals surface area contributed by atoms with Gasteiger partial charge in [0.05, 0.1) is 5.75 Å². The number of thioether (sulfide) groups is 1. The van der Waals surface area contributed by atoms with E-state index in [1.165, 1.54) is 11.8 Å². The lowest BCUT2D eigenvalue weighted by Gasteiger charge is -2.03. The number of carbonyl (C=O) groups excluding carboxylic acids is 1. The summed E-state index contributed by atoms with van der Waals surface area (Å²) < 4.78 is 0.964. The molecule has 0 spiro atoms. The van der Waals surface area contributed by atoms with E-state index in [0.717, 1.165) is 10.2 Å². The van der Waals surface area contributed by atoms with Gasteiger partial charge in [-0.15, -0.1) is 5.10 Å². The van der Waals surface area contributed by atoms with E-state index in [1.54, 1.807) is 0 Å². The predicted octanol–water partition coefficient (Wildman–Crippen LogP) is 1.88. The van der Waals surface area contributed by atoms with Crippen LogP contribution in [-0.4, -0.2) is 26.8 Å². The van der Waals surface area contributed by atoms with Crippen LogP contribution < -0.4 is 11.1 Å². The van der Waals surface area contributed by atoms with Gasteiger partial charge in [0, 0.05) is 10.2 Å². The fourth-order valence-corrected chi connectivity index (χ4v) is 2.05. The van der Waals surface area contributed by atoms with Gasteiger partial charge in [-0.2, -0.15) is 4.98 Å². The van der Waals surface area contributed by atoms with Crippen LogP contribution in [0.1, 0.15) is 0 Å². The zero-order valence-electron chi connectivity index (χ0n) is 9.18. The van der Waals surface area contributed by atoms with E-state index in [0.29, 0.717) is 5.16 Å². The first-order valence-electron chi connectivity index (χ1n) is 4.99. The SMILES string of the molecule is Nc1nc(SCC(=O)Nc2ccc(Br)cc2)n[nH]1. The Labute approximate surface area is 116 Å². The van der Waals surface area contributed by atoms with E-state index in [2.05, 4.69) is 36.4 Å². The first-order valence-corrected chi connectivity index (χ1v) is 6.77. The Morgan fingerprint density at radius 1 is 1.44 bits per heavy atom. The zero-order valence-corrected chi connectivity index (χ0v) is 11.6. The molecular weight excluding hydrogens is 318 g/mol. The number of benzene rings is 1. The summed E-state index contributed by atoms with van der Waals surface area (Å²) in [5.74, 6) is 0.351. The second-order valence-electron chi connectivity index (χ2n) is 3.35. The molecule has 18 heavy (non-hydrogen) atoms. The van der Waals surface area contributed by atoms with Gasteiger partial charge in [0.25, 0.3) is 0 Å². The molecule has 0 saturated heterocycles. The molecule has 0 aliphatic carbocycles. The van der Waals surface area contributed by atoms with Crippen LogP contribution in [-0.2, 0) is 4.79 Å². The number of anilines is 2. The van der Waals surface area contributed by atoms with Crippen molar-refractivity contribution in [2.24, 2.45) is 0 Å². The smallest absolute Gasteiger partial charge is 0.234 e. The van der Waals surface area contributed by atoms with Gasteiger partial charge in [-0.1, -0.05) is 27.7 Å². The lowest BCUT2D eigenvalue weighted by molar-refractivity contribution is -0.113. The quantitative estimate of drug-likeness (QED) is 0.745. The molecule has 1 aromatic carbocycles. The molecule has 0 aliphatic heterocycles. The molecule has 94 valence electrons. The Morgan fingerprint density at radius 2 is 2.17 bits per heavy atom. The lowest BCUT2D eigenvalue weighted by atomic mass is 10.3. The van der Waals surface area contributed by atoms with Crippen LogP contribution in [0.4, 0.5) is 11.6 Å². The maximum atomic E-state index is 11.6. The molecule has 0 atom stereocenters. The first-order chi connectivity index (χ1) is 8.63. The van der Waals surface area contributed by atoms with Gasteiger partial charge in [0.15, 0.2) is 0 Å². The fraction of sp³-hybridized carbons (Fsp3) is 0.100. The minimum Gasteiger partial charge on any atom is -0.368 e. The normalized spacial score (nSPS) is 10.3. The zero-order chi connectivity index (χ0) is 13.0. The Hall–Kier alpha value is -1.54. The third-order valence-corrected chi connectivity index (χ3v) is 3.32. The molecular formula is C10H10BrN5OS. The molecule has 2 aromatic rings. The standard InChI is InChI=1S/C10H10BrN5OS/c11-6-1-3-7(4-2-6)13-8(17)5-18-10-14-9(12)15-16-10/h1-4H,5H2,(H,13,17)(H3,12,14,15,16). The Balaban J connectivity index is 1.83. The van der Waals surface area contributed by atoms with Crippen LogP contribution in [0.15, 0.2) is 33.9 Å². The molecule has 6 nitrogen and oxygen atoms in total. The Kier molecular flexibility index (Phi) is 4.21. The summed E-state index contributed by atoms with van der Waals surface area (Å²) in [4.78, 5) is 15.5. The molecule has 8 heteroatoms. The molecule has 0 saturated carbocycles. The van der Waals surface area contributed by atoms with E-state index >= 15 is 0 Å². The van der Waals surface area contributed by atoms with Crippen molar-refractivity contribution in [1.82, 2.24) is 15.2 Å². The average molecular weight is 328 g/mol. The van der Waals surface area contributed by atoms with E-state index in [9.17, 15) is 4.79 Å². The van der Waals surface area contributed by atoms with Crippen LogP contribution in [0.5, 0.6) is 0 Å². The van der Waals surface area contributed by atoms with Crippen molar-refractivity contribution < 1.29 is 4.79 Å². The number of halogens is 1. The highest BCUT2D eigenvalue weighted by molar-refractivity contribution is 9.10. The van der Waals surface area contributed by atoms with Crippen molar-refractivity contribution in [2.45, 2.75) is 5.16 Å². The number of hydrogen-bond donors (Lipinski definition) is 3. The molecule has 4 N–H and O–H groups in total. The first kappa shape index (κ1) is 12.9. The number of rotatable bonds is 4. The minimum atomic E-state index is -0.120. The number of amides is 1. The fourth-order valence-electron chi connectivity index (χ4n) is 1.18. The summed E-state index contributed by atoms with van der Waals surface area (Å²) >= 11 is 4.54. The van der Waals surface area contributed by atoms with E-state index in [4.69, 9.17) is 5.73 Å². The molecule has 0 unspecified atom stereocenters. The maximum Gasteiger partial charge on any atom is 0.234 e. The summed E-state index contributed by atoms with van der Waals surface area (Å²) in [5, 5.41) is 9.55. The number of aromatic nitrogens is 3.